The lowest BCUT2D eigenvalue weighted by atomic mass is 10.3. The average Bonchev–Trinajstić information content (AvgIpc) is 2.34. The first kappa shape index (κ1) is 13.5. The molecule has 0 radical (unpaired) electrons. The monoisotopic (exact) mass is 235 g/mol. The summed E-state index contributed by atoms with van der Waals surface area (Å²) >= 11 is 0. The van der Waals surface area contributed by atoms with Gasteiger partial charge in [0.05, 0.1) is 6.54 Å². The van der Waals surface area contributed by atoms with Gasteiger partial charge in [-0.15, -0.1) is 0 Å². The van der Waals surface area contributed by atoms with Gasteiger partial charge in [0.15, 0.2) is 0 Å². The molecule has 0 saturated carbocycles. The lowest BCUT2D eigenvalue weighted by molar-refractivity contribution is -0.119. The molecular formula is C13H21N3O. The maximum Gasteiger partial charge on any atom is 0.239 e. The van der Waals surface area contributed by atoms with Crippen LogP contribution in [0.4, 0.5) is 5.69 Å². The molecule has 0 heterocycles. The van der Waals surface area contributed by atoms with E-state index >= 15 is 0 Å². The van der Waals surface area contributed by atoms with E-state index in [0.717, 1.165) is 5.69 Å². The lowest BCUT2D eigenvalue weighted by Crippen LogP contribution is -2.40. The van der Waals surface area contributed by atoms with Crippen LogP contribution in [0.5, 0.6) is 0 Å². The van der Waals surface area contributed by atoms with Crippen LogP contribution in [0.2, 0.25) is 0 Å². The molecule has 0 aliphatic heterocycles. The van der Waals surface area contributed by atoms with Crippen LogP contribution in [-0.4, -0.2) is 44.0 Å². The Kier molecular flexibility index (Phi) is 5.49. The quantitative estimate of drug-likeness (QED) is 0.778. The van der Waals surface area contributed by atoms with Gasteiger partial charge in [0.2, 0.25) is 5.91 Å². The number of nitrogens with one attached hydrogen (secondary N) is 2. The van der Waals surface area contributed by atoms with Gasteiger partial charge < -0.3 is 15.5 Å². The summed E-state index contributed by atoms with van der Waals surface area (Å²) in [6.45, 7) is 3.05. The summed E-state index contributed by atoms with van der Waals surface area (Å²) in [5.74, 6) is 0.0163. The van der Waals surface area contributed by atoms with Crippen molar-refractivity contribution >= 4 is 11.6 Å². The predicted octanol–water partition coefficient (Wildman–Crippen LogP) is 1.16. The standard InChI is InChI=1S/C13H21N3O/c1-11(16(2)3)9-15-13(17)10-14-12-7-5-4-6-8-12/h4-8,11,14H,9-10H2,1-3H3,(H,15,17). The number of amides is 1. The van der Waals surface area contributed by atoms with Crippen molar-refractivity contribution in [3.05, 3.63) is 30.3 Å². The van der Waals surface area contributed by atoms with Gasteiger partial charge >= 0.3 is 0 Å². The first-order chi connectivity index (χ1) is 8.09. The predicted molar refractivity (Wildman–Crippen MR) is 71.1 cm³/mol. The Balaban J connectivity index is 2.22. The van der Waals surface area contributed by atoms with Gasteiger partial charge in [0, 0.05) is 18.3 Å². The van der Waals surface area contributed by atoms with Gasteiger partial charge in [-0.3, -0.25) is 4.79 Å². The molecule has 4 heteroatoms. The molecule has 1 atom stereocenters. The van der Waals surface area contributed by atoms with Crippen LogP contribution in [0.15, 0.2) is 30.3 Å². The second-order valence-electron chi connectivity index (χ2n) is 4.34. The number of para-hydroxylation sites is 1. The normalized spacial score (nSPS) is 12.2. The minimum atomic E-state index is 0.0163. The molecule has 0 aliphatic carbocycles. The summed E-state index contributed by atoms with van der Waals surface area (Å²) in [6, 6.07) is 10.0. The number of rotatable bonds is 6. The molecule has 0 aliphatic rings. The van der Waals surface area contributed by atoms with E-state index in [1.165, 1.54) is 0 Å². The highest BCUT2D eigenvalue weighted by Crippen LogP contribution is 2.03. The molecule has 4 nitrogen and oxygen atoms in total. The molecule has 0 saturated heterocycles. The zero-order valence-electron chi connectivity index (χ0n) is 10.7. The number of carbonyl (C=O) groups is 1. The molecule has 1 unspecified atom stereocenters. The Labute approximate surface area is 103 Å². The Hall–Kier alpha value is -1.55. The maximum atomic E-state index is 11.6. The molecule has 2 N–H and O–H groups in total. The Morgan fingerprint density at radius 1 is 1.29 bits per heavy atom. The van der Waals surface area contributed by atoms with Crippen LogP contribution >= 0.6 is 0 Å². The topological polar surface area (TPSA) is 44.4 Å². The maximum absolute atomic E-state index is 11.6. The zero-order chi connectivity index (χ0) is 12.7. The second kappa shape index (κ2) is 6.91. The Bertz CT molecular complexity index is 338. The fraction of sp³-hybridized carbons (Fsp3) is 0.462. The van der Waals surface area contributed by atoms with Crippen molar-refractivity contribution in [3.8, 4) is 0 Å². The molecule has 94 valence electrons. The number of likely N-dealkylation sites (N-methyl/N-ethyl adjacent to an activating group) is 1. The van der Waals surface area contributed by atoms with Crippen molar-refractivity contribution in [2.45, 2.75) is 13.0 Å². The van der Waals surface area contributed by atoms with Crippen LogP contribution in [0.1, 0.15) is 6.92 Å². The third kappa shape index (κ3) is 5.36. The van der Waals surface area contributed by atoms with E-state index in [0.29, 0.717) is 19.1 Å². The number of hydrogen-bond donors (Lipinski definition) is 2. The minimum Gasteiger partial charge on any atom is -0.376 e. The van der Waals surface area contributed by atoms with Crippen LogP contribution in [-0.2, 0) is 4.79 Å². The molecule has 0 fully saturated rings. The smallest absolute Gasteiger partial charge is 0.239 e. The Morgan fingerprint density at radius 2 is 1.94 bits per heavy atom. The minimum absolute atomic E-state index is 0.0163. The Morgan fingerprint density at radius 3 is 2.53 bits per heavy atom. The fourth-order valence-corrected chi connectivity index (χ4v) is 1.24. The van der Waals surface area contributed by atoms with Gasteiger partial charge in [-0.05, 0) is 33.2 Å². The van der Waals surface area contributed by atoms with Crippen LogP contribution in [0.3, 0.4) is 0 Å². The number of anilines is 1. The third-order valence-corrected chi connectivity index (χ3v) is 2.70. The van der Waals surface area contributed by atoms with E-state index in [-0.39, 0.29) is 5.91 Å². The van der Waals surface area contributed by atoms with E-state index in [2.05, 4.69) is 22.5 Å². The van der Waals surface area contributed by atoms with Gasteiger partial charge in [-0.25, -0.2) is 0 Å². The summed E-state index contributed by atoms with van der Waals surface area (Å²) in [5, 5.41) is 5.96. The number of benzene rings is 1. The molecular weight excluding hydrogens is 214 g/mol. The van der Waals surface area contributed by atoms with Gasteiger partial charge in [0.25, 0.3) is 0 Å². The lowest BCUT2D eigenvalue weighted by Gasteiger charge is -2.20. The molecule has 0 bridgehead atoms. The van der Waals surface area contributed by atoms with E-state index in [1.807, 2.05) is 44.4 Å². The molecule has 1 rings (SSSR count). The highest BCUT2D eigenvalue weighted by Gasteiger charge is 2.06. The van der Waals surface area contributed by atoms with Crippen molar-refractivity contribution in [3.63, 3.8) is 0 Å². The SMILES string of the molecule is CC(CNC(=O)CNc1ccccc1)N(C)C. The first-order valence-electron chi connectivity index (χ1n) is 5.81. The highest BCUT2D eigenvalue weighted by atomic mass is 16.1. The van der Waals surface area contributed by atoms with Crippen molar-refractivity contribution in [1.82, 2.24) is 10.2 Å². The van der Waals surface area contributed by atoms with Gasteiger partial charge in [0.1, 0.15) is 0 Å². The van der Waals surface area contributed by atoms with Crippen LogP contribution < -0.4 is 10.6 Å². The van der Waals surface area contributed by atoms with Crippen molar-refractivity contribution < 1.29 is 4.79 Å². The molecule has 0 spiro atoms. The fourth-order valence-electron chi connectivity index (χ4n) is 1.24. The van der Waals surface area contributed by atoms with Gasteiger partial charge in [-0.1, -0.05) is 18.2 Å². The molecule has 17 heavy (non-hydrogen) atoms. The molecule has 1 aromatic rings. The van der Waals surface area contributed by atoms with Crippen molar-refractivity contribution in [1.29, 1.82) is 0 Å². The van der Waals surface area contributed by atoms with E-state index in [9.17, 15) is 4.79 Å². The van der Waals surface area contributed by atoms with E-state index in [4.69, 9.17) is 0 Å². The first-order valence-corrected chi connectivity index (χ1v) is 5.81. The number of carbonyl (C=O) groups excluding carboxylic acids is 1. The van der Waals surface area contributed by atoms with Crippen LogP contribution in [0.25, 0.3) is 0 Å². The number of nitrogens with zero attached hydrogens (tertiary/aromatic N) is 1. The summed E-state index contributed by atoms with van der Waals surface area (Å²) < 4.78 is 0. The van der Waals surface area contributed by atoms with Gasteiger partial charge in [-0.2, -0.15) is 0 Å². The largest absolute Gasteiger partial charge is 0.376 e. The van der Waals surface area contributed by atoms with Crippen LogP contribution in [0, 0.1) is 0 Å². The summed E-state index contributed by atoms with van der Waals surface area (Å²) in [4.78, 5) is 13.6. The second-order valence-corrected chi connectivity index (χ2v) is 4.34. The molecule has 1 aromatic carbocycles. The molecule has 0 aromatic heterocycles. The number of hydrogen-bond acceptors (Lipinski definition) is 3. The third-order valence-electron chi connectivity index (χ3n) is 2.70. The van der Waals surface area contributed by atoms with E-state index < -0.39 is 0 Å². The molecule has 1 amide bonds. The summed E-state index contributed by atoms with van der Waals surface area (Å²) in [7, 11) is 4.00. The average molecular weight is 235 g/mol. The highest BCUT2D eigenvalue weighted by molar-refractivity contribution is 5.80. The summed E-state index contributed by atoms with van der Waals surface area (Å²) in [6.07, 6.45) is 0. The van der Waals surface area contributed by atoms with Crippen molar-refractivity contribution in [2.24, 2.45) is 0 Å². The zero-order valence-corrected chi connectivity index (χ0v) is 10.7. The van der Waals surface area contributed by atoms with E-state index in [1.54, 1.807) is 0 Å². The van der Waals surface area contributed by atoms with Crippen molar-refractivity contribution in [2.75, 3.05) is 32.5 Å². The summed E-state index contributed by atoms with van der Waals surface area (Å²) in [5.41, 5.74) is 0.961.